The summed E-state index contributed by atoms with van der Waals surface area (Å²) >= 11 is 0. The maximum Gasteiger partial charge on any atom is 0.324 e. The quantitative estimate of drug-likeness (QED) is 0.535. The lowest BCUT2D eigenvalue weighted by molar-refractivity contribution is -0.128. The Labute approximate surface area is 101 Å². The van der Waals surface area contributed by atoms with Crippen LogP contribution in [-0.4, -0.2) is 53.7 Å². The number of carbonyl (C=O) groups excluding carboxylic acids is 2. The number of nitrogens with one attached hydrogen (secondary N) is 2. The van der Waals surface area contributed by atoms with E-state index in [0.717, 1.165) is 17.9 Å². The van der Waals surface area contributed by atoms with Gasteiger partial charge in [0.1, 0.15) is 6.04 Å². The second-order valence-corrected chi connectivity index (χ2v) is 4.20. The average Bonchev–Trinajstić information content (AvgIpc) is 2.55. The van der Waals surface area contributed by atoms with E-state index < -0.39 is 18.2 Å². The Morgan fingerprint density at radius 1 is 1.47 bits per heavy atom. The summed E-state index contributed by atoms with van der Waals surface area (Å²) < 4.78 is 0. The zero-order chi connectivity index (χ0) is 12.8. The second kappa shape index (κ2) is 6.56. The van der Waals surface area contributed by atoms with Crippen molar-refractivity contribution >= 4 is 11.9 Å². The van der Waals surface area contributed by atoms with E-state index in [9.17, 15) is 14.7 Å². The van der Waals surface area contributed by atoms with Crippen molar-refractivity contribution in [2.24, 2.45) is 0 Å². The topological polar surface area (TPSA) is 81.7 Å². The third-order valence-corrected chi connectivity index (χ3v) is 2.71. The Morgan fingerprint density at radius 3 is 2.76 bits per heavy atom. The number of urea groups is 1. The van der Waals surface area contributed by atoms with E-state index in [1.54, 1.807) is 0 Å². The predicted octanol–water partition coefficient (Wildman–Crippen LogP) is -0.323. The van der Waals surface area contributed by atoms with Crippen LogP contribution in [0.25, 0.3) is 0 Å². The molecule has 1 rings (SSSR count). The molecule has 2 atom stereocenters. The molecule has 0 aromatic carbocycles. The number of aliphatic hydroxyl groups excluding tert-OH is 1. The minimum atomic E-state index is -0.718. The Balaban J connectivity index is 2.47. The van der Waals surface area contributed by atoms with E-state index in [-0.39, 0.29) is 12.5 Å². The Kier molecular flexibility index (Phi) is 5.37. The Hall–Kier alpha value is -1.14. The fraction of sp³-hybridized carbons (Fsp3) is 0.818. The van der Waals surface area contributed by atoms with Gasteiger partial charge >= 0.3 is 6.03 Å². The molecule has 6 nitrogen and oxygen atoms in total. The molecule has 0 saturated carbocycles. The van der Waals surface area contributed by atoms with Gasteiger partial charge in [-0.3, -0.25) is 9.69 Å². The average molecular weight is 243 g/mol. The largest absolute Gasteiger partial charge is 0.390 e. The molecule has 1 saturated heterocycles. The lowest BCUT2D eigenvalue weighted by Gasteiger charge is -2.17. The number of aliphatic hydroxyl groups is 1. The molecule has 3 N–H and O–H groups in total. The first-order valence-electron chi connectivity index (χ1n) is 6.10. The van der Waals surface area contributed by atoms with Crippen molar-refractivity contribution < 1.29 is 14.7 Å². The van der Waals surface area contributed by atoms with Gasteiger partial charge in [-0.1, -0.05) is 20.3 Å². The lowest BCUT2D eigenvalue weighted by Crippen LogP contribution is -2.41. The number of rotatable bonds is 7. The molecule has 0 bridgehead atoms. The molecule has 0 aromatic rings. The van der Waals surface area contributed by atoms with Gasteiger partial charge in [-0.05, 0) is 13.0 Å². The van der Waals surface area contributed by atoms with Crippen molar-refractivity contribution in [3.63, 3.8) is 0 Å². The number of amides is 3. The van der Waals surface area contributed by atoms with Crippen LogP contribution >= 0.6 is 0 Å². The number of likely N-dealkylation sites (N-methyl/N-ethyl adjacent to an activating group) is 1. The van der Waals surface area contributed by atoms with Crippen molar-refractivity contribution in [2.75, 3.05) is 19.6 Å². The van der Waals surface area contributed by atoms with Crippen LogP contribution in [-0.2, 0) is 4.79 Å². The van der Waals surface area contributed by atoms with Gasteiger partial charge in [0.05, 0.1) is 12.6 Å². The summed E-state index contributed by atoms with van der Waals surface area (Å²) in [7, 11) is 0. The van der Waals surface area contributed by atoms with Crippen LogP contribution in [0.1, 0.15) is 26.7 Å². The van der Waals surface area contributed by atoms with Crippen molar-refractivity contribution in [3.05, 3.63) is 0 Å². The molecular formula is C11H21N3O3. The summed E-state index contributed by atoms with van der Waals surface area (Å²) in [5, 5.41) is 15.2. The molecule has 0 aliphatic carbocycles. The van der Waals surface area contributed by atoms with E-state index in [2.05, 4.69) is 10.6 Å². The van der Waals surface area contributed by atoms with Crippen LogP contribution in [0.15, 0.2) is 0 Å². The third-order valence-electron chi connectivity index (χ3n) is 2.71. The van der Waals surface area contributed by atoms with Gasteiger partial charge in [-0.25, -0.2) is 4.79 Å². The van der Waals surface area contributed by atoms with Gasteiger partial charge in [0.2, 0.25) is 0 Å². The molecule has 17 heavy (non-hydrogen) atoms. The van der Waals surface area contributed by atoms with Gasteiger partial charge in [0.15, 0.2) is 0 Å². The van der Waals surface area contributed by atoms with E-state index in [1.165, 1.54) is 0 Å². The lowest BCUT2D eigenvalue weighted by atomic mass is 10.1. The number of carbonyl (C=O) groups is 2. The standard InChI is InChI=1S/C11H21N3O3/c1-3-5-9-10(16)14(11(17)13-9)7-8(15)6-12-4-2/h8-9,12,15H,3-7H2,1-2H3,(H,13,17). The summed E-state index contributed by atoms with van der Waals surface area (Å²) in [6.07, 6.45) is 0.763. The van der Waals surface area contributed by atoms with Crippen molar-refractivity contribution in [1.29, 1.82) is 0 Å². The van der Waals surface area contributed by atoms with E-state index in [4.69, 9.17) is 0 Å². The van der Waals surface area contributed by atoms with Crippen molar-refractivity contribution in [1.82, 2.24) is 15.5 Å². The first-order chi connectivity index (χ1) is 8.10. The SMILES string of the molecule is CCCC1NC(=O)N(CC(O)CNCC)C1=O. The van der Waals surface area contributed by atoms with Crippen LogP contribution in [0, 0.1) is 0 Å². The maximum absolute atomic E-state index is 11.8. The van der Waals surface area contributed by atoms with Crippen LogP contribution in [0.3, 0.4) is 0 Å². The highest BCUT2D eigenvalue weighted by molar-refractivity contribution is 6.04. The summed E-state index contributed by atoms with van der Waals surface area (Å²) in [6, 6.07) is -0.817. The second-order valence-electron chi connectivity index (χ2n) is 4.20. The number of β-amino-alcohol motifs (C(OH)–C–C–N with tert-alkyl or cyclic N) is 1. The van der Waals surface area contributed by atoms with Crippen molar-refractivity contribution in [3.8, 4) is 0 Å². The number of nitrogens with zero attached hydrogens (tertiary/aromatic N) is 1. The van der Waals surface area contributed by atoms with Crippen LogP contribution < -0.4 is 10.6 Å². The van der Waals surface area contributed by atoms with Crippen LogP contribution in [0.4, 0.5) is 4.79 Å². The minimum Gasteiger partial charge on any atom is -0.390 e. The van der Waals surface area contributed by atoms with E-state index >= 15 is 0 Å². The number of hydrogen-bond acceptors (Lipinski definition) is 4. The van der Waals surface area contributed by atoms with Gasteiger partial charge < -0.3 is 15.7 Å². The van der Waals surface area contributed by atoms with Crippen LogP contribution in [0.5, 0.6) is 0 Å². The normalized spacial score (nSPS) is 21.8. The monoisotopic (exact) mass is 243 g/mol. The zero-order valence-corrected chi connectivity index (χ0v) is 10.4. The highest BCUT2D eigenvalue weighted by Crippen LogP contribution is 2.11. The summed E-state index contributed by atoms with van der Waals surface area (Å²) in [6.45, 7) is 5.07. The molecule has 1 aliphatic heterocycles. The molecular weight excluding hydrogens is 222 g/mol. The first kappa shape index (κ1) is 13.9. The molecule has 3 amide bonds. The third kappa shape index (κ3) is 3.67. The fourth-order valence-corrected chi connectivity index (χ4v) is 1.82. The zero-order valence-electron chi connectivity index (χ0n) is 10.4. The number of imide groups is 1. The molecule has 98 valence electrons. The van der Waals surface area contributed by atoms with E-state index in [1.807, 2.05) is 13.8 Å². The first-order valence-corrected chi connectivity index (χ1v) is 6.10. The Morgan fingerprint density at radius 2 is 2.18 bits per heavy atom. The van der Waals surface area contributed by atoms with Gasteiger partial charge in [0.25, 0.3) is 5.91 Å². The smallest absolute Gasteiger partial charge is 0.324 e. The maximum atomic E-state index is 11.8. The molecule has 2 unspecified atom stereocenters. The molecule has 0 radical (unpaired) electrons. The number of hydrogen-bond donors (Lipinski definition) is 3. The van der Waals surface area contributed by atoms with Gasteiger partial charge in [-0.15, -0.1) is 0 Å². The molecule has 1 aliphatic rings. The van der Waals surface area contributed by atoms with Crippen molar-refractivity contribution in [2.45, 2.75) is 38.8 Å². The fourth-order valence-electron chi connectivity index (χ4n) is 1.82. The summed E-state index contributed by atoms with van der Waals surface area (Å²) in [4.78, 5) is 24.5. The Bertz CT molecular complexity index is 283. The molecule has 6 heteroatoms. The molecule has 0 spiro atoms. The van der Waals surface area contributed by atoms with Gasteiger partial charge in [-0.2, -0.15) is 0 Å². The predicted molar refractivity (Wildman–Crippen MR) is 63.5 cm³/mol. The van der Waals surface area contributed by atoms with Crippen LogP contribution in [0.2, 0.25) is 0 Å². The molecule has 0 aromatic heterocycles. The molecule has 1 fully saturated rings. The highest BCUT2D eigenvalue weighted by Gasteiger charge is 2.37. The van der Waals surface area contributed by atoms with E-state index in [0.29, 0.717) is 13.0 Å². The van der Waals surface area contributed by atoms with Gasteiger partial charge in [0, 0.05) is 6.54 Å². The molecule has 1 heterocycles. The minimum absolute atomic E-state index is 0.0535. The summed E-state index contributed by atoms with van der Waals surface area (Å²) in [5.74, 6) is -0.229. The highest BCUT2D eigenvalue weighted by atomic mass is 16.3. The summed E-state index contributed by atoms with van der Waals surface area (Å²) in [5.41, 5.74) is 0.